The third-order valence-corrected chi connectivity index (χ3v) is 4.60. The average molecular weight is 327 g/mol. The van der Waals surface area contributed by atoms with Crippen molar-refractivity contribution in [3.63, 3.8) is 0 Å². The number of piperazine rings is 1. The van der Waals surface area contributed by atoms with Crippen LogP contribution >= 0.6 is 0 Å². The fourth-order valence-corrected chi connectivity index (χ4v) is 3.33. The Morgan fingerprint density at radius 2 is 1.83 bits per heavy atom. The second-order valence-corrected chi connectivity index (χ2v) is 6.30. The van der Waals surface area contributed by atoms with Crippen molar-refractivity contribution in [2.45, 2.75) is 13.8 Å². The summed E-state index contributed by atoms with van der Waals surface area (Å²) in [5.74, 6) is 0. The molecule has 0 saturated carbocycles. The molecule has 1 aromatic carbocycles. The third kappa shape index (κ3) is 3.76. The monoisotopic (exact) mass is 327 g/mol. The highest BCUT2D eigenvalue weighted by molar-refractivity contribution is 5.59. The van der Waals surface area contributed by atoms with Gasteiger partial charge in [0, 0.05) is 51.2 Å². The van der Waals surface area contributed by atoms with Crippen molar-refractivity contribution in [1.29, 1.82) is 0 Å². The Morgan fingerprint density at radius 3 is 2.50 bits per heavy atom. The zero-order valence-corrected chi connectivity index (χ0v) is 14.4. The number of H-pyrrole nitrogens is 1. The van der Waals surface area contributed by atoms with E-state index in [4.69, 9.17) is 0 Å². The van der Waals surface area contributed by atoms with Gasteiger partial charge in [-0.05, 0) is 31.0 Å². The highest BCUT2D eigenvalue weighted by Crippen LogP contribution is 2.25. The van der Waals surface area contributed by atoms with Gasteiger partial charge in [0.05, 0.1) is 0 Å². The molecule has 6 nitrogen and oxygen atoms in total. The van der Waals surface area contributed by atoms with Crippen LogP contribution in [0.25, 0.3) is 0 Å². The molecular weight excluding hydrogens is 302 g/mol. The van der Waals surface area contributed by atoms with Crippen molar-refractivity contribution in [3.8, 4) is 0 Å². The summed E-state index contributed by atoms with van der Waals surface area (Å²) in [4.78, 5) is 16.5. The Labute approximate surface area is 142 Å². The normalized spacial score (nSPS) is 15.5. The second-order valence-electron chi connectivity index (χ2n) is 6.30. The lowest BCUT2D eigenvalue weighted by atomic mass is 10.1. The maximum Gasteiger partial charge on any atom is 0.287 e. The fourth-order valence-electron chi connectivity index (χ4n) is 3.33. The first-order chi connectivity index (χ1) is 11.6. The second kappa shape index (κ2) is 7.49. The summed E-state index contributed by atoms with van der Waals surface area (Å²) in [5.41, 5.74) is 4.50. The molecule has 2 heterocycles. The molecule has 1 aliphatic rings. The molecule has 2 aromatic rings. The molecule has 3 rings (SSSR count). The van der Waals surface area contributed by atoms with Crippen LogP contribution < -0.4 is 15.8 Å². The van der Waals surface area contributed by atoms with Crippen molar-refractivity contribution in [3.05, 3.63) is 51.9 Å². The quantitative estimate of drug-likeness (QED) is 0.874. The number of nitrogens with one attached hydrogen (secondary N) is 2. The fraction of sp³-hybridized carbons (Fsp3) is 0.444. The van der Waals surface area contributed by atoms with E-state index in [1.807, 2.05) is 0 Å². The van der Waals surface area contributed by atoms with Gasteiger partial charge in [0.25, 0.3) is 5.56 Å². The number of rotatable bonds is 5. The summed E-state index contributed by atoms with van der Waals surface area (Å²) < 4.78 is 0. The van der Waals surface area contributed by atoms with E-state index < -0.39 is 0 Å². The molecule has 128 valence electrons. The minimum atomic E-state index is -0.169. The maximum atomic E-state index is 11.6. The summed E-state index contributed by atoms with van der Waals surface area (Å²) in [5, 5.41) is 9.32. The van der Waals surface area contributed by atoms with Gasteiger partial charge >= 0.3 is 0 Å². The summed E-state index contributed by atoms with van der Waals surface area (Å²) in [6.45, 7) is 10.2. The van der Waals surface area contributed by atoms with Gasteiger partial charge in [-0.2, -0.15) is 5.10 Å². The standard InChI is InChI=1S/C18H25N5O/c1-14-4-3-5-15(2)17(14)23-12-10-22(11-13-23)9-8-19-16-6-7-20-21-18(16)24/h3-7H,8-13H2,1-2H3,(H,19,20)(H,21,24). The molecule has 24 heavy (non-hydrogen) atoms. The largest absolute Gasteiger partial charge is 0.379 e. The smallest absolute Gasteiger partial charge is 0.287 e. The van der Waals surface area contributed by atoms with Crippen LogP contribution in [0.5, 0.6) is 0 Å². The third-order valence-electron chi connectivity index (χ3n) is 4.60. The molecule has 0 unspecified atom stereocenters. The van der Waals surface area contributed by atoms with Crippen molar-refractivity contribution >= 4 is 11.4 Å². The van der Waals surface area contributed by atoms with Crippen LogP contribution in [0, 0.1) is 13.8 Å². The van der Waals surface area contributed by atoms with Gasteiger partial charge < -0.3 is 10.2 Å². The van der Waals surface area contributed by atoms with Crippen molar-refractivity contribution in [2.24, 2.45) is 0 Å². The van der Waals surface area contributed by atoms with E-state index in [0.717, 1.165) is 39.3 Å². The Morgan fingerprint density at radius 1 is 1.12 bits per heavy atom. The molecule has 1 saturated heterocycles. The van der Waals surface area contributed by atoms with E-state index in [1.165, 1.54) is 16.8 Å². The molecule has 1 aromatic heterocycles. The van der Waals surface area contributed by atoms with E-state index in [-0.39, 0.29) is 5.56 Å². The van der Waals surface area contributed by atoms with E-state index in [0.29, 0.717) is 5.69 Å². The zero-order chi connectivity index (χ0) is 16.9. The lowest BCUT2D eigenvalue weighted by Crippen LogP contribution is -2.48. The molecule has 0 atom stereocenters. The van der Waals surface area contributed by atoms with Crippen molar-refractivity contribution < 1.29 is 0 Å². The lowest BCUT2D eigenvalue weighted by Gasteiger charge is -2.37. The lowest BCUT2D eigenvalue weighted by molar-refractivity contribution is 0.267. The number of aromatic amines is 1. The molecule has 0 spiro atoms. The van der Waals surface area contributed by atoms with Crippen LogP contribution in [0.4, 0.5) is 11.4 Å². The van der Waals surface area contributed by atoms with Crippen LogP contribution in [0.15, 0.2) is 35.3 Å². The van der Waals surface area contributed by atoms with Gasteiger partial charge in [-0.1, -0.05) is 18.2 Å². The molecule has 1 fully saturated rings. The summed E-state index contributed by atoms with van der Waals surface area (Å²) in [7, 11) is 0. The number of hydrogen-bond donors (Lipinski definition) is 2. The molecule has 6 heteroatoms. The van der Waals surface area contributed by atoms with Crippen LogP contribution in [0.3, 0.4) is 0 Å². The number of anilines is 2. The highest BCUT2D eigenvalue weighted by atomic mass is 16.1. The number of benzene rings is 1. The Balaban J connectivity index is 1.49. The van der Waals surface area contributed by atoms with Crippen LogP contribution in [0.2, 0.25) is 0 Å². The highest BCUT2D eigenvalue weighted by Gasteiger charge is 2.19. The van der Waals surface area contributed by atoms with Crippen molar-refractivity contribution in [1.82, 2.24) is 15.1 Å². The van der Waals surface area contributed by atoms with E-state index in [1.54, 1.807) is 12.3 Å². The minimum Gasteiger partial charge on any atom is -0.379 e. The molecular formula is C18H25N5O. The topological polar surface area (TPSA) is 64.3 Å². The van der Waals surface area contributed by atoms with E-state index >= 15 is 0 Å². The molecule has 1 aliphatic heterocycles. The Hall–Kier alpha value is -2.34. The van der Waals surface area contributed by atoms with Gasteiger partial charge in [-0.3, -0.25) is 9.69 Å². The summed E-state index contributed by atoms with van der Waals surface area (Å²) >= 11 is 0. The molecule has 0 radical (unpaired) electrons. The van der Waals surface area contributed by atoms with Gasteiger partial charge in [-0.25, -0.2) is 5.10 Å². The maximum absolute atomic E-state index is 11.6. The number of aromatic nitrogens is 2. The number of aryl methyl sites for hydroxylation is 2. The van der Waals surface area contributed by atoms with Gasteiger partial charge in [0.1, 0.15) is 5.69 Å². The number of nitrogens with zero attached hydrogens (tertiary/aromatic N) is 3. The SMILES string of the molecule is Cc1cccc(C)c1N1CCN(CCNc2ccn[nH]c2=O)CC1. The molecule has 0 bridgehead atoms. The first-order valence-corrected chi connectivity index (χ1v) is 8.46. The van der Waals surface area contributed by atoms with E-state index in [9.17, 15) is 4.79 Å². The molecule has 0 aliphatic carbocycles. The number of para-hydroxylation sites is 1. The molecule has 0 amide bonds. The van der Waals surface area contributed by atoms with Crippen LogP contribution in [0.1, 0.15) is 11.1 Å². The van der Waals surface area contributed by atoms with E-state index in [2.05, 4.69) is 57.4 Å². The van der Waals surface area contributed by atoms with Crippen LogP contribution in [-0.4, -0.2) is 54.4 Å². The minimum absolute atomic E-state index is 0.169. The Bertz CT molecular complexity index is 714. The Kier molecular flexibility index (Phi) is 5.15. The first kappa shape index (κ1) is 16.5. The van der Waals surface area contributed by atoms with Gasteiger partial charge in [0.15, 0.2) is 0 Å². The predicted molar refractivity (Wildman–Crippen MR) is 97.9 cm³/mol. The molecule has 2 N–H and O–H groups in total. The van der Waals surface area contributed by atoms with Crippen LogP contribution in [-0.2, 0) is 0 Å². The van der Waals surface area contributed by atoms with Gasteiger partial charge in [-0.15, -0.1) is 0 Å². The first-order valence-electron chi connectivity index (χ1n) is 8.46. The predicted octanol–water partition coefficient (Wildman–Crippen LogP) is 1.62. The zero-order valence-electron chi connectivity index (χ0n) is 14.4. The summed E-state index contributed by atoms with van der Waals surface area (Å²) in [6, 6.07) is 8.20. The van der Waals surface area contributed by atoms with Gasteiger partial charge in [0.2, 0.25) is 0 Å². The average Bonchev–Trinajstić information content (AvgIpc) is 2.58. The summed E-state index contributed by atoms with van der Waals surface area (Å²) in [6.07, 6.45) is 1.59. The van der Waals surface area contributed by atoms with Crippen molar-refractivity contribution in [2.75, 3.05) is 49.5 Å². The number of hydrogen-bond acceptors (Lipinski definition) is 5.